The van der Waals surface area contributed by atoms with Gasteiger partial charge >= 0.3 is 12.2 Å². The fourth-order valence-corrected chi connectivity index (χ4v) is 4.97. The predicted molar refractivity (Wildman–Crippen MR) is 144 cm³/mol. The van der Waals surface area contributed by atoms with Gasteiger partial charge in [-0.2, -0.15) is 0 Å². The number of carbonyl (C=O) groups excluding carboxylic acids is 3. The van der Waals surface area contributed by atoms with Gasteiger partial charge in [-0.05, 0) is 64.9 Å². The lowest BCUT2D eigenvalue weighted by molar-refractivity contribution is -0.170. The second-order valence-corrected chi connectivity index (χ2v) is 9.34. The number of nitrogens with one attached hydrogen (secondary N) is 1. The average Bonchev–Trinajstić information content (AvgIpc) is 3.25. The van der Waals surface area contributed by atoms with E-state index in [4.69, 9.17) is 14.3 Å². The SMILES string of the molecule is COC(=O)Oc1cc(C)c(C[C@@H](NC(=O)OCC2c3ccccc3-c3ccccc32)C(=O)N(C)OC)c(C)c1. The van der Waals surface area contributed by atoms with Crippen LogP contribution in [0, 0.1) is 13.8 Å². The van der Waals surface area contributed by atoms with Crippen LogP contribution < -0.4 is 10.1 Å². The third-order valence-electron chi connectivity index (χ3n) is 6.96. The van der Waals surface area contributed by atoms with E-state index in [0.29, 0.717) is 5.75 Å². The smallest absolute Gasteiger partial charge is 0.449 e. The highest BCUT2D eigenvalue weighted by Gasteiger charge is 2.31. The first-order valence-corrected chi connectivity index (χ1v) is 12.5. The van der Waals surface area contributed by atoms with E-state index < -0.39 is 24.2 Å². The van der Waals surface area contributed by atoms with Crippen molar-refractivity contribution in [3.63, 3.8) is 0 Å². The van der Waals surface area contributed by atoms with Gasteiger partial charge in [-0.1, -0.05) is 48.5 Å². The van der Waals surface area contributed by atoms with E-state index in [1.165, 1.54) is 21.3 Å². The number of benzene rings is 3. The third-order valence-corrected chi connectivity index (χ3v) is 6.96. The Balaban J connectivity index is 1.50. The predicted octanol–water partition coefficient (Wildman–Crippen LogP) is 4.92. The molecule has 0 saturated carbocycles. The van der Waals surface area contributed by atoms with E-state index in [1.54, 1.807) is 12.1 Å². The van der Waals surface area contributed by atoms with E-state index in [2.05, 4.69) is 22.2 Å². The molecule has 9 nitrogen and oxygen atoms in total. The molecule has 1 aliphatic rings. The second-order valence-electron chi connectivity index (χ2n) is 9.34. The van der Waals surface area contributed by atoms with Gasteiger partial charge in [0, 0.05) is 19.4 Å². The van der Waals surface area contributed by atoms with Crippen LogP contribution in [-0.2, 0) is 25.5 Å². The molecule has 3 aromatic rings. The Morgan fingerprint density at radius 1 is 0.923 bits per heavy atom. The van der Waals surface area contributed by atoms with Crippen molar-refractivity contribution in [2.45, 2.75) is 32.2 Å². The number of amides is 2. The molecule has 0 fully saturated rings. The van der Waals surface area contributed by atoms with Crippen LogP contribution in [0.1, 0.15) is 33.7 Å². The van der Waals surface area contributed by atoms with E-state index >= 15 is 0 Å². The summed E-state index contributed by atoms with van der Waals surface area (Å²) in [7, 11) is 4.08. The Bertz CT molecular complexity index is 1320. The number of methoxy groups -OCH3 is 1. The summed E-state index contributed by atoms with van der Waals surface area (Å²) in [5.41, 5.74) is 6.82. The van der Waals surface area contributed by atoms with Crippen LogP contribution in [0.15, 0.2) is 60.7 Å². The normalized spacial score (nSPS) is 12.6. The summed E-state index contributed by atoms with van der Waals surface area (Å²) in [6.45, 7) is 3.79. The molecule has 0 unspecified atom stereocenters. The zero-order valence-corrected chi connectivity index (χ0v) is 22.6. The van der Waals surface area contributed by atoms with E-state index in [-0.39, 0.29) is 18.9 Å². The van der Waals surface area contributed by atoms with Crippen molar-refractivity contribution in [2.24, 2.45) is 0 Å². The fraction of sp³-hybridized carbons (Fsp3) is 0.300. The molecule has 0 spiro atoms. The van der Waals surface area contributed by atoms with Gasteiger partial charge in [-0.3, -0.25) is 9.63 Å². The molecule has 3 aromatic carbocycles. The maximum absolute atomic E-state index is 13.1. The molecule has 1 atom stereocenters. The van der Waals surface area contributed by atoms with Gasteiger partial charge < -0.3 is 19.5 Å². The Hall–Kier alpha value is -4.37. The first-order valence-electron chi connectivity index (χ1n) is 12.5. The Labute approximate surface area is 227 Å². The lowest BCUT2D eigenvalue weighted by atomic mass is 9.95. The number of ether oxygens (including phenoxy) is 3. The molecule has 2 amide bonds. The van der Waals surface area contributed by atoms with Crippen LogP contribution in [0.5, 0.6) is 5.75 Å². The molecule has 0 saturated heterocycles. The van der Waals surface area contributed by atoms with Crippen LogP contribution in [0.2, 0.25) is 0 Å². The maximum atomic E-state index is 13.1. The minimum absolute atomic E-state index is 0.106. The minimum Gasteiger partial charge on any atom is -0.449 e. The van der Waals surface area contributed by atoms with Crippen molar-refractivity contribution in [3.05, 3.63) is 88.5 Å². The van der Waals surface area contributed by atoms with Gasteiger partial charge in [0.2, 0.25) is 0 Å². The van der Waals surface area contributed by atoms with Crippen molar-refractivity contribution < 1.29 is 33.4 Å². The molecule has 1 aliphatic carbocycles. The van der Waals surface area contributed by atoms with Crippen molar-refractivity contribution in [1.82, 2.24) is 10.4 Å². The van der Waals surface area contributed by atoms with Crippen LogP contribution in [0.25, 0.3) is 11.1 Å². The van der Waals surface area contributed by atoms with Gasteiger partial charge in [-0.25, -0.2) is 14.7 Å². The lowest BCUT2D eigenvalue weighted by Gasteiger charge is -2.24. The molecular weight excluding hydrogens is 500 g/mol. The van der Waals surface area contributed by atoms with Gasteiger partial charge in [0.05, 0.1) is 14.2 Å². The van der Waals surface area contributed by atoms with Gasteiger partial charge in [-0.15, -0.1) is 0 Å². The van der Waals surface area contributed by atoms with Gasteiger partial charge in [0.1, 0.15) is 18.4 Å². The average molecular weight is 533 g/mol. The van der Waals surface area contributed by atoms with E-state index in [1.807, 2.05) is 50.2 Å². The summed E-state index contributed by atoms with van der Waals surface area (Å²) < 4.78 is 15.4. The Morgan fingerprint density at radius 2 is 1.49 bits per heavy atom. The van der Waals surface area contributed by atoms with Crippen molar-refractivity contribution in [2.75, 3.05) is 27.9 Å². The molecule has 1 N–H and O–H groups in total. The van der Waals surface area contributed by atoms with Gasteiger partial charge in [0.15, 0.2) is 0 Å². The summed E-state index contributed by atoms with van der Waals surface area (Å²) in [4.78, 5) is 42.7. The second kappa shape index (κ2) is 12.0. The lowest BCUT2D eigenvalue weighted by Crippen LogP contribution is -2.48. The highest BCUT2D eigenvalue weighted by atomic mass is 16.7. The summed E-state index contributed by atoms with van der Waals surface area (Å²) in [5, 5.41) is 3.79. The fourth-order valence-electron chi connectivity index (χ4n) is 4.97. The zero-order chi connectivity index (χ0) is 28.1. The molecular formula is C30H32N2O7. The number of rotatable bonds is 8. The number of carbonyl (C=O) groups is 3. The zero-order valence-electron chi connectivity index (χ0n) is 22.6. The summed E-state index contributed by atoms with van der Waals surface area (Å²) in [6.07, 6.45) is -1.36. The molecule has 4 rings (SSSR count). The van der Waals surface area contributed by atoms with Crippen LogP contribution in [0.4, 0.5) is 9.59 Å². The highest BCUT2D eigenvalue weighted by Crippen LogP contribution is 2.44. The number of likely N-dealkylation sites (N-methyl/N-ethyl adjacent to an activating group) is 1. The van der Waals surface area contributed by atoms with E-state index in [0.717, 1.165) is 44.0 Å². The van der Waals surface area contributed by atoms with Crippen LogP contribution in [0.3, 0.4) is 0 Å². The number of hydroxylamine groups is 2. The van der Waals surface area contributed by atoms with Crippen molar-refractivity contribution in [1.29, 1.82) is 0 Å². The van der Waals surface area contributed by atoms with Crippen LogP contribution in [-0.4, -0.2) is 57.1 Å². The molecule has 0 radical (unpaired) electrons. The summed E-state index contributed by atoms with van der Waals surface area (Å²) in [5.74, 6) is -0.229. The monoisotopic (exact) mass is 532 g/mol. The molecule has 39 heavy (non-hydrogen) atoms. The first-order chi connectivity index (χ1) is 18.7. The third kappa shape index (κ3) is 6.04. The quantitative estimate of drug-likeness (QED) is 0.250. The number of nitrogens with zero attached hydrogens (tertiary/aromatic N) is 1. The number of fused-ring (bicyclic) bond motifs is 3. The molecule has 9 heteroatoms. The van der Waals surface area contributed by atoms with Crippen LogP contribution >= 0.6 is 0 Å². The highest BCUT2D eigenvalue weighted by molar-refractivity contribution is 5.85. The molecule has 0 aliphatic heterocycles. The van der Waals surface area contributed by atoms with E-state index in [9.17, 15) is 14.4 Å². The number of alkyl carbamates (subject to hydrolysis) is 1. The first kappa shape index (κ1) is 27.7. The maximum Gasteiger partial charge on any atom is 0.513 e. The standard InChI is InChI=1S/C30H32N2O7/c1-18-14-20(39-30(35)36-4)15-19(2)25(18)16-27(28(33)32(3)37-5)31-29(34)38-17-26-23-12-8-6-10-21(23)22-11-7-9-13-24(22)26/h6-15,26-27H,16-17H2,1-5H3,(H,31,34)/t27-/m1/s1. The molecule has 0 bridgehead atoms. The Morgan fingerprint density at radius 3 is 2.03 bits per heavy atom. The number of hydrogen-bond donors (Lipinski definition) is 1. The summed E-state index contributed by atoms with van der Waals surface area (Å²) in [6, 6.07) is 18.5. The molecule has 204 valence electrons. The molecule has 0 heterocycles. The number of aryl methyl sites for hydroxylation is 2. The topological polar surface area (TPSA) is 103 Å². The van der Waals surface area contributed by atoms with Crippen molar-refractivity contribution >= 4 is 18.2 Å². The Kier molecular flexibility index (Phi) is 8.51. The minimum atomic E-state index is -0.963. The van der Waals surface area contributed by atoms with Crippen molar-refractivity contribution in [3.8, 4) is 16.9 Å². The van der Waals surface area contributed by atoms with Gasteiger partial charge in [0.25, 0.3) is 5.91 Å². The molecule has 0 aromatic heterocycles. The largest absolute Gasteiger partial charge is 0.513 e. The summed E-state index contributed by atoms with van der Waals surface area (Å²) >= 11 is 0. The number of hydrogen-bond acceptors (Lipinski definition) is 7.